The van der Waals surface area contributed by atoms with Gasteiger partial charge in [-0.05, 0) is 44.4 Å². The molecule has 0 radical (unpaired) electrons. The minimum absolute atomic E-state index is 0.0935. The van der Waals surface area contributed by atoms with Gasteiger partial charge in [-0.3, -0.25) is 4.57 Å². The van der Waals surface area contributed by atoms with Crippen LogP contribution in [0.2, 0.25) is 0 Å². The van der Waals surface area contributed by atoms with Crippen LogP contribution in [-0.2, 0) is 10.0 Å². The van der Waals surface area contributed by atoms with Crippen LogP contribution in [0.25, 0.3) is 11.5 Å². The van der Waals surface area contributed by atoms with E-state index in [9.17, 15) is 8.42 Å². The molecule has 0 spiro atoms. The summed E-state index contributed by atoms with van der Waals surface area (Å²) in [5.41, 5.74) is 2.51. The highest BCUT2D eigenvalue weighted by Crippen LogP contribution is 2.39. The van der Waals surface area contributed by atoms with Gasteiger partial charge < -0.3 is 0 Å². The van der Waals surface area contributed by atoms with Crippen LogP contribution in [0.15, 0.2) is 17.3 Å². The van der Waals surface area contributed by atoms with Crippen LogP contribution in [0, 0.1) is 13.8 Å². The summed E-state index contributed by atoms with van der Waals surface area (Å²) in [5.74, 6) is 0.461. The van der Waals surface area contributed by atoms with Crippen molar-refractivity contribution in [3.63, 3.8) is 0 Å². The van der Waals surface area contributed by atoms with Crippen molar-refractivity contribution in [3.8, 4) is 11.5 Å². The van der Waals surface area contributed by atoms with Gasteiger partial charge in [-0.15, -0.1) is 10.2 Å². The van der Waals surface area contributed by atoms with Crippen LogP contribution >= 0.6 is 0 Å². The van der Waals surface area contributed by atoms with E-state index in [1.165, 1.54) is 0 Å². The topological polar surface area (TPSA) is 104 Å². The molecular weight excluding hydrogens is 278 g/mol. The molecule has 2 N–H and O–H groups in total. The number of hydrogen-bond donors (Lipinski definition) is 1. The zero-order valence-electron chi connectivity index (χ0n) is 11.2. The summed E-state index contributed by atoms with van der Waals surface area (Å²) in [6.07, 6.45) is 1.80. The highest BCUT2D eigenvalue weighted by molar-refractivity contribution is 7.89. The Kier molecular flexibility index (Phi) is 2.87. The van der Waals surface area contributed by atoms with E-state index in [1.54, 1.807) is 4.57 Å². The van der Waals surface area contributed by atoms with Crippen molar-refractivity contribution in [3.05, 3.63) is 23.4 Å². The lowest BCUT2D eigenvalue weighted by molar-refractivity contribution is 0.567. The highest BCUT2D eigenvalue weighted by atomic mass is 32.2. The fraction of sp³-hybridized carbons (Fsp3) is 0.417. The van der Waals surface area contributed by atoms with Gasteiger partial charge in [0.25, 0.3) is 15.2 Å². The first-order valence-corrected chi connectivity index (χ1v) is 7.84. The molecule has 7 nitrogen and oxygen atoms in total. The van der Waals surface area contributed by atoms with Crippen molar-refractivity contribution in [1.82, 2.24) is 19.7 Å². The molecule has 106 valence electrons. The number of nitrogens with two attached hydrogens (primary N) is 1. The van der Waals surface area contributed by atoms with E-state index in [-0.39, 0.29) is 11.2 Å². The van der Waals surface area contributed by atoms with E-state index in [0.717, 1.165) is 24.1 Å². The molecule has 0 aliphatic heterocycles. The molecule has 1 aliphatic rings. The molecule has 2 aromatic heterocycles. The van der Waals surface area contributed by atoms with E-state index in [0.29, 0.717) is 11.5 Å². The summed E-state index contributed by atoms with van der Waals surface area (Å²) in [5, 5.41) is 12.8. The molecule has 20 heavy (non-hydrogen) atoms. The molecule has 2 aromatic rings. The second kappa shape index (κ2) is 4.35. The Morgan fingerprint density at radius 3 is 2.50 bits per heavy atom. The second-order valence-corrected chi connectivity index (χ2v) is 6.58. The molecule has 1 saturated carbocycles. The largest absolute Gasteiger partial charge is 0.292 e. The molecule has 0 saturated heterocycles. The molecule has 1 fully saturated rings. The number of sulfonamides is 1. The zero-order valence-corrected chi connectivity index (χ0v) is 12.1. The van der Waals surface area contributed by atoms with Crippen LogP contribution in [0.3, 0.4) is 0 Å². The quantitative estimate of drug-likeness (QED) is 0.907. The Morgan fingerprint density at radius 2 is 1.95 bits per heavy atom. The van der Waals surface area contributed by atoms with E-state index in [1.807, 2.05) is 26.0 Å². The van der Waals surface area contributed by atoms with Gasteiger partial charge in [-0.25, -0.2) is 18.5 Å². The minimum atomic E-state index is -3.88. The molecule has 8 heteroatoms. The Bertz CT molecular complexity index is 757. The Labute approximate surface area is 116 Å². The molecule has 1 aliphatic carbocycles. The summed E-state index contributed by atoms with van der Waals surface area (Å²) in [7, 11) is -3.88. The van der Waals surface area contributed by atoms with Gasteiger partial charge in [-0.1, -0.05) is 0 Å². The van der Waals surface area contributed by atoms with E-state index in [2.05, 4.69) is 15.2 Å². The molecule has 3 rings (SSSR count). The maximum Gasteiger partial charge on any atom is 0.273 e. The van der Waals surface area contributed by atoms with Crippen LogP contribution in [0.1, 0.15) is 30.1 Å². The average Bonchev–Trinajstić information content (AvgIpc) is 3.04. The molecule has 0 aromatic carbocycles. The monoisotopic (exact) mass is 293 g/mol. The molecule has 0 atom stereocenters. The lowest BCUT2D eigenvalue weighted by Gasteiger charge is -2.08. The van der Waals surface area contributed by atoms with Crippen molar-refractivity contribution >= 4 is 10.0 Å². The first-order valence-electron chi connectivity index (χ1n) is 6.29. The number of nitrogens with zero attached hydrogens (tertiary/aromatic N) is 4. The van der Waals surface area contributed by atoms with E-state index >= 15 is 0 Å². The fourth-order valence-corrected chi connectivity index (χ4v) is 2.93. The lowest BCUT2D eigenvalue weighted by atomic mass is 10.2. The zero-order chi connectivity index (χ0) is 14.5. The molecule has 2 heterocycles. The lowest BCUT2D eigenvalue weighted by Crippen LogP contribution is -2.18. The van der Waals surface area contributed by atoms with Crippen molar-refractivity contribution in [2.75, 3.05) is 0 Å². The van der Waals surface area contributed by atoms with Gasteiger partial charge in [0.2, 0.25) is 0 Å². The highest BCUT2D eigenvalue weighted by Gasteiger charge is 2.33. The summed E-state index contributed by atoms with van der Waals surface area (Å²) in [6.45, 7) is 3.84. The third-order valence-corrected chi connectivity index (χ3v) is 3.95. The second-order valence-electron chi connectivity index (χ2n) is 5.12. The Balaban J connectivity index is 2.22. The summed E-state index contributed by atoms with van der Waals surface area (Å²) < 4.78 is 24.8. The number of primary sulfonamides is 1. The Hall–Kier alpha value is -1.80. The Morgan fingerprint density at radius 1 is 1.25 bits per heavy atom. The smallest absolute Gasteiger partial charge is 0.273 e. The van der Waals surface area contributed by atoms with Crippen molar-refractivity contribution in [1.29, 1.82) is 0 Å². The maximum absolute atomic E-state index is 11.6. The van der Waals surface area contributed by atoms with Gasteiger partial charge in [0.15, 0.2) is 5.82 Å². The van der Waals surface area contributed by atoms with Crippen molar-refractivity contribution < 1.29 is 8.42 Å². The van der Waals surface area contributed by atoms with Gasteiger partial charge in [-0.2, -0.15) is 0 Å². The van der Waals surface area contributed by atoms with Crippen molar-refractivity contribution in [2.24, 2.45) is 5.14 Å². The summed E-state index contributed by atoms with van der Waals surface area (Å²) in [6, 6.07) is 3.90. The van der Waals surface area contributed by atoms with Crippen LogP contribution in [0.4, 0.5) is 0 Å². The van der Waals surface area contributed by atoms with Gasteiger partial charge in [0.05, 0.1) is 0 Å². The number of aryl methyl sites for hydroxylation is 2. The number of aromatic nitrogens is 4. The van der Waals surface area contributed by atoms with Crippen molar-refractivity contribution in [2.45, 2.75) is 37.9 Å². The van der Waals surface area contributed by atoms with Gasteiger partial charge in [0.1, 0.15) is 5.69 Å². The average molecular weight is 293 g/mol. The first kappa shape index (κ1) is 13.2. The third-order valence-electron chi connectivity index (χ3n) is 3.16. The van der Waals surface area contributed by atoms with E-state index in [4.69, 9.17) is 5.14 Å². The number of pyridine rings is 1. The van der Waals surface area contributed by atoms with E-state index < -0.39 is 10.0 Å². The summed E-state index contributed by atoms with van der Waals surface area (Å²) >= 11 is 0. The maximum atomic E-state index is 11.6. The normalized spacial score (nSPS) is 15.6. The number of hydrogen-bond acceptors (Lipinski definition) is 5. The fourth-order valence-electron chi connectivity index (χ4n) is 2.26. The van der Waals surface area contributed by atoms with Crippen LogP contribution in [-0.4, -0.2) is 28.2 Å². The summed E-state index contributed by atoms with van der Waals surface area (Å²) in [4.78, 5) is 4.41. The predicted molar refractivity (Wildman–Crippen MR) is 72.4 cm³/mol. The molecule has 0 bridgehead atoms. The molecule has 0 amide bonds. The molecular formula is C12H15N5O2S. The third kappa shape index (κ3) is 2.32. The minimum Gasteiger partial charge on any atom is -0.292 e. The van der Waals surface area contributed by atoms with Crippen LogP contribution < -0.4 is 5.14 Å². The molecule has 0 unspecified atom stereocenters. The number of rotatable bonds is 3. The predicted octanol–water partition coefficient (Wildman–Crippen LogP) is 0.939. The SMILES string of the molecule is Cc1cc(C)nc(-c2nnc(S(N)(=O)=O)n2C2CC2)c1. The standard InChI is InChI=1S/C12H15N5O2S/c1-7-5-8(2)14-10(6-7)11-15-16-12(20(13,18)19)17(11)9-3-4-9/h5-6,9H,3-4H2,1-2H3,(H2,13,18,19). The first-order chi connectivity index (χ1) is 9.36. The van der Waals surface area contributed by atoms with Gasteiger partial charge >= 0.3 is 0 Å². The van der Waals surface area contributed by atoms with Gasteiger partial charge in [0, 0.05) is 11.7 Å². The van der Waals surface area contributed by atoms with Crippen LogP contribution in [0.5, 0.6) is 0 Å².